The van der Waals surface area contributed by atoms with Crippen LogP contribution in [0, 0.1) is 11.3 Å². The van der Waals surface area contributed by atoms with Gasteiger partial charge < -0.3 is 10.6 Å². The van der Waals surface area contributed by atoms with Crippen LogP contribution in [0.15, 0.2) is 36.2 Å². The second-order valence-electron chi connectivity index (χ2n) is 3.33. The van der Waals surface area contributed by atoms with Crippen molar-refractivity contribution in [3.8, 4) is 6.07 Å². The third-order valence-corrected chi connectivity index (χ3v) is 2.26. The van der Waals surface area contributed by atoms with E-state index in [9.17, 15) is 4.79 Å². The average Bonchev–Trinajstić information content (AvgIpc) is 2.41. The van der Waals surface area contributed by atoms with E-state index in [1.807, 2.05) is 6.07 Å². The Morgan fingerprint density at radius 2 is 2.39 bits per heavy atom. The SMILES string of the molecule is N#C/C(=C/Nc1ccccn1)C(=O)NCCCCl. The maximum atomic E-state index is 11.6. The summed E-state index contributed by atoms with van der Waals surface area (Å²) in [6.07, 6.45) is 3.61. The molecule has 0 atom stereocenters. The normalized spacial score (nSPS) is 10.6. The molecule has 0 radical (unpaired) electrons. The van der Waals surface area contributed by atoms with Gasteiger partial charge in [-0.05, 0) is 18.6 Å². The summed E-state index contributed by atoms with van der Waals surface area (Å²) in [7, 11) is 0. The molecule has 0 aliphatic carbocycles. The third kappa shape index (κ3) is 4.85. The number of hydrogen-bond donors (Lipinski definition) is 2. The molecule has 0 spiro atoms. The molecule has 2 N–H and O–H groups in total. The summed E-state index contributed by atoms with van der Waals surface area (Å²) in [4.78, 5) is 15.6. The maximum absolute atomic E-state index is 11.6. The van der Waals surface area contributed by atoms with E-state index in [-0.39, 0.29) is 5.57 Å². The smallest absolute Gasteiger partial charge is 0.263 e. The number of nitrogens with zero attached hydrogens (tertiary/aromatic N) is 2. The van der Waals surface area contributed by atoms with Crippen LogP contribution in [-0.4, -0.2) is 23.3 Å². The van der Waals surface area contributed by atoms with Gasteiger partial charge in [-0.1, -0.05) is 6.07 Å². The molecule has 18 heavy (non-hydrogen) atoms. The lowest BCUT2D eigenvalue weighted by molar-refractivity contribution is -0.117. The number of nitrogens with one attached hydrogen (secondary N) is 2. The number of rotatable bonds is 6. The number of amides is 1. The molecule has 0 fully saturated rings. The van der Waals surface area contributed by atoms with Gasteiger partial charge >= 0.3 is 0 Å². The Kier molecular flexibility index (Phi) is 6.30. The monoisotopic (exact) mass is 264 g/mol. The largest absolute Gasteiger partial charge is 0.351 e. The number of carbonyl (C=O) groups excluding carboxylic acids is 1. The van der Waals surface area contributed by atoms with Crippen LogP contribution in [0.1, 0.15) is 6.42 Å². The summed E-state index contributed by atoms with van der Waals surface area (Å²) in [5.74, 6) is 0.614. The molecule has 1 amide bonds. The van der Waals surface area contributed by atoms with Crippen molar-refractivity contribution in [3.05, 3.63) is 36.2 Å². The number of halogens is 1. The number of alkyl halides is 1. The molecule has 5 nitrogen and oxygen atoms in total. The van der Waals surface area contributed by atoms with Gasteiger partial charge in [0.05, 0.1) is 0 Å². The first-order chi connectivity index (χ1) is 8.77. The zero-order valence-corrected chi connectivity index (χ0v) is 10.4. The van der Waals surface area contributed by atoms with Crippen LogP contribution in [0.5, 0.6) is 0 Å². The van der Waals surface area contributed by atoms with E-state index in [1.54, 1.807) is 24.4 Å². The lowest BCUT2D eigenvalue weighted by atomic mass is 10.3. The molecule has 1 aromatic rings. The van der Waals surface area contributed by atoms with Gasteiger partial charge in [-0.3, -0.25) is 4.79 Å². The molecule has 0 unspecified atom stereocenters. The zero-order valence-electron chi connectivity index (χ0n) is 9.69. The van der Waals surface area contributed by atoms with E-state index in [4.69, 9.17) is 16.9 Å². The highest BCUT2D eigenvalue weighted by atomic mass is 35.5. The maximum Gasteiger partial charge on any atom is 0.263 e. The number of aromatic nitrogens is 1. The van der Waals surface area contributed by atoms with E-state index in [2.05, 4.69) is 15.6 Å². The standard InChI is InChI=1S/C12H13ClN4O/c13-5-3-7-16-12(18)10(8-14)9-17-11-4-1-2-6-15-11/h1-2,4,6,9H,3,5,7H2,(H,15,17)(H,16,18)/b10-9-. The molecule has 1 aromatic heterocycles. The minimum atomic E-state index is -0.425. The quantitative estimate of drug-likeness (QED) is 0.354. The fourth-order valence-electron chi connectivity index (χ4n) is 1.11. The minimum absolute atomic E-state index is 0.00442. The summed E-state index contributed by atoms with van der Waals surface area (Å²) in [5.41, 5.74) is -0.00442. The highest BCUT2D eigenvalue weighted by Gasteiger charge is 2.07. The molecule has 0 aromatic carbocycles. The van der Waals surface area contributed by atoms with Crippen molar-refractivity contribution in [2.45, 2.75) is 6.42 Å². The van der Waals surface area contributed by atoms with E-state index < -0.39 is 5.91 Å². The molecule has 1 heterocycles. The topological polar surface area (TPSA) is 77.8 Å². The molecular weight excluding hydrogens is 252 g/mol. The van der Waals surface area contributed by atoms with Crippen LogP contribution in [-0.2, 0) is 4.79 Å². The van der Waals surface area contributed by atoms with E-state index in [0.29, 0.717) is 24.7 Å². The average molecular weight is 265 g/mol. The Morgan fingerprint density at radius 1 is 1.56 bits per heavy atom. The lowest BCUT2D eigenvalue weighted by Gasteiger charge is -2.03. The van der Waals surface area contributed by atoms with Crippen molar-refractivity contribution in [2.75, 3.05) is 17.7 Å². The van der Waals surface area contributed by atoms with Gasteiger partial charge in [0.2, 0.25) is 0 Å². The van der Waals surface area contributed by atoms with Gasteiger partial charge in [0, 0.05) is 24.8 Å². The lowest BCUT2D eigenvalue weighted by Crippen LogP contribution is -2.26. The first kappa shape index (κ1) is 14.0. The van der Waals surface area contributed by atoms with Crippen molar-refractivity contribution in [1.82, 2.24) is 10.3 Å². The fourth-order valence-corrected chi connectivity index (χ4v) is 1.24. The highest BCUT2D eigenvalue weighted by molar-refractivity contribution is 6.17. The van der Waals surface area contributed by atoms with E-state index in [0.717, 1.165) is 0 Å². The molecule has 6 heteroatoms. The van der Waals surface area contributed by atoms with Crippen molar-refractivity contribution in [1.29, 1.82) is 5.26 Å². The second kappa shape index (κ2) is 8.09. The van der Waals surface area contributed by atoms with Crippen molar-refractivity contribution < 1.29 is 4.79 Å². The zero-order chi connectivity index (χ0) is 13.2. The summed E-state index contributed by atoms with van der Waals surface area (Å²) in [6.45, 7) is 0.449. The molecular formula is C12H13ClN4O. The van der Waals surface area contributed by atoms with Crippen molar-refractivity contribution in [3.63, 3.8) is 0 Å². The molecule has 0 aliphatic heterocycles. The number of anilines is 1. The number of carbonyl (C=O) groups is 1. The second-order valence-corrected chi connectivity index (χ2v) is 3.71. The predicted octanol–water partition coefficient (Wildman–Crippen LogP) is 1.65. The van der Waals surface area contributed by atoms with E-state index >= 15 is 0 Å². The van der Waals surface area contributed by atoms with Gasteiger partial charge in [0.15, 0.2) is 0 Å². The van der Waals surface area contributed by atoms with Crippen LogP contribution >= 0.6 is 11.6 Å². The summed E-state index contributed by atoms with van der Waals surface area (Å²) >= 11 is 5.49. The summed E-state index contributed by atoms with van der Waals surface area (Å²) in [6, 6.07) is 7.14. The molecule has 0 bridgehead atoms. The first-order valence-electron chi connectivity index (χ1n) is 5.40. The van der Waals surface area contributed by atoms with Crippen molar-refractivity contribution >= 4 is 23.3 Å². The molecule has 94 valence electrons. The predicted molar refractivity (Wildman–Crippen MR) is 69.9 cm³/mol. The van der Waals surface area contributed by atoms with Gasteiger partial charge in [-0.15, -0.1) is 11.6 Å². The van der Waals surface area contributed by atoms with Crippen LogP contribution < -0.4 is 10.6 Å². The molecule has 0 saturated carbocycles. The van der Waals surface area contributed by atoms with Gasteiger partial charge in [0.1, 0.15) is 17.5 Å². The van der Waals surface area contributed by atoms with E-state index in [1.165, 1.54) is 6.20 Å². The summed E-state index contributed by atoms with van der Waals surface area (Å²) < 4.78 is 0. The third-order valence-electron chi connectivity index (χ3n) is 1.99. The van der Waals surface area contributed by atoms with Gasteiger partial charge in [-0.2, -0.15) is 5.26 Å². The molecule has 0 saturated heterocycles. The van der Waals surface area contributed by atoms with Gasteiger partial charge in [0.25, 0.3) is 5.91 Å². The number of hydrogen-bond acceptors (Lipinski definition) is 4. The summed E-state index contributed by atoms with van der Waals surface area (Å²) in [5, 5.41) is 14.2. The van der Waals surface area contributed by atoms with Crippen LogP contribution in [0.3, 0.4) is 0 Å². The Bertz CT molecular complexity index is 453. The first-order valence-corrected chi connectivity index (χ1v) is 5.93. The molecule has 1 rings (SSSR count). The minimum Gasteiger partial charge on any atom is -0.351 e. The van der Waals surface area contributed by atoms with Crippen molar-refractivity contribution in [2.24, 2.45) is 0 Å². The highest BCUT2D eigenvalue weighted by Crippen LogP contribution is 2.01. The van der Waals surface area contributed by atoms with Crippen LogP contribution in [0.25, 0.3) is 0 Å². The number of pyridine rings is 1. The van der Waals surface area contributed by atoms with Crippen LogP contribution in [0.4, 0.5) is 5.82 Å². The number of nitriles is 1. The Labute approximate surface area is 110 Å². The Hall–Kier alpha value is -2.06. The molecule has 0 aliphatic rings. The van der Waals surface area contributed by atoms with Gasteiger partial charge in [-0.25, -0.2) is 4.98 Å². The Balaban J connectivity index is 2.55. The Morgan fingerprint density at radius 3 is 3.00 bits per heavy atom. The fraction of sp³-hybridized carbons (Fsp3) is 0.250. The van der Waals surface area contributed by atoms with Crippen LogP contribution in [0.2, 0.25) is 0 Å².